The number of ketones is 4. The lowest BCUT2D eigenvalue weighted by Crippen LogP contribution is -2.35. The highest BCUT2D eigenvalue weighted by molar-refractivity contribution is 7.81. The van der Waals surface area contributed by atoms with Crippen LogP contribution in [0.15, 0.2) is 0 Å². The van der Waals surface area contributed by atoms with Gasteiger partial charge >= 0.3 is 23.9 Å². The SMILES string of the molecule is CCCCCCC(=O)COCC(=O)CCCCCC.CCCCCCC(=O)COCC(=O)CCCCCC.CCCCCN.CS.CS.CS.CS.CS.CS.CS.CS.CS.CS.CS.CS.O=C(COCC(=O)ON1C(=O)CCC1=O)ON1C(=O)CCC1=O.O=C(O)COCC(=O)O. The molecule has 2 heterocycles. The van der Waals surface area contributed by atoms with Gasteiger partial charge in [-0.1, -0.05) is 125 Å². The minimum atomic E-state index is -1.17. The predicted octanol–water partition coefficient (Wildman–Crippen LogP) is 13.2. The molecule has 23 nitrogen and oxygen atoms in total. The van der Waals surface area contributed by atoms with Crippen LogP contribution in [-0.2, 0) is 86.2 Å². The molecule has 35 heteroatoms. The maximum Gasteiger partial charge on any atom is 0.358 e. The monoisotopic (exact) mass is 1670 g/mol. The maximum atomic E-state index is 11.5. The van der Waals surface area contributed by atoms with Crippen molar-refractivity contribution in [3.8, 4) is 0 Å². The molecule has 2 fully saturated rings. The Hall–Kier alpha value is -1.16. The molecule has 606 valence electrons. The van der Waals surface area contributed by atoms with E-state index in [2.05, 4.69) is 205 Å². The number of rotatable bonds is 41. The fourth-order valence-corrected chi connectivity index (χ4v) is 6.25. The summed E-state index contributed by atoms with van der Waals surface area (Å²) in [5.74, 6) is -6.56. The van der Waals surface area contributed by atoms with E-state index in [1.54, 1.807) is 75.1 Å². The number of carboxylic acid groups (broad SMARTS) is 2. The van der Waals surface area contributed by atoms with E-state index >= 15 is 0 Å². The van der Waals surface area contributed by atoms with Crippen LogP contribution in [0.2, 0.25) is 0 Å². The number of unbranched alkanes of at least 4 members (excludes halogenated alkanes) is 14. The summed E-state index contributed by atoms with van der Waals surface area (Å²) >= 11 is 42.3. The van der Waals surface area contributed by atoms with Gasteiger partial charge in [-0.25, -0.2) is 19.2 Å². The quantitative estimate of drug-likeness (QED) is 0.0154. The van der Waals surface area contributed by atoms with E-state index in [-0.39, 0.29) is 75.2 Å². The zero-order chi connectivity index (χ0) is 81.8. The summed E-state index contributed by atoms with van der Waals surface area (Å²) in [7, 11) is 0. The number of amides is 4. The summed E-state index contributed by atoms with van der Waals surface area (Å²) in [6.45, 7) is 9.46. The van der Waals surface area contributed by atoms with Gasteiger partial charge in [0.1, 0.15) is 52.9 Å². The molecule has 0 aromatic rings. The number of carbonyl (C=O) groups excluding carboxylic acids is 10. The fraction of sp³-hybridized carbons (Fsp3) is 0.815. The first kappa shape index (κ1) is 135. The minimum absolute atomic E-state index is 0.0445. The summed E-state index contributed by atoms with van der Waals surface area (Å²) in [6, 6.07) is 0. The zero-order valence-corrected chi connectivity index (χ0v) is 74.3. The molecule has 2 aliphatic rings. The van der Waals surface area contributed by atoms with Crippen LogP contribution in [0.5, 0.6) is 0 Å². The summed E-state index contributed by atoms with van der Waals surface area (Å²) in [5, 5.41) is 16.5. The van der Waals surface area contributed by atoms with Crippen molar-refractivity contribution in [2.45, 2.75) is 208 Å². The number of nitrogens with zero attached hydrogens (tertiary/aromatic N) is 2. The number of hydrogen-bond donors (Lipinski definition) is 15. The van der Waals surface area contributed by atoms with Gasteiger partial charge < -0.3 is 44.6 Å². The van der Waals surface area contributed by atoms with Crippen molar-refractivity contribution in [2.24, 2.45) is 5.73 Å². The van der Waals surface area contributed by atoms with Crippen LogP contribution in [0.1, 0.15) is 208 Å². The van der Waals surface area contributed by atoms with E-state index in [1.165, 1.54) is 70.6 Å². The lowest BCUT2D eigenvalue weighted by atomic mass is 10.1. The second-order valence-electron chi connectivity index (χ2n) is 17.7. The highest BCUT2D eigenvalue weighted by atomic mass is 32.1. The molecule has 0 bridgehead atoms. The van der Waals surface area contributed by atoms with E-state index < -0.39 is 73.9 Å². The van der Waals surface area contributed by atoms with Crippen molar-refractivity contribution in [1.82, 2.24) is 10.1 Å². The Kier molecular flexibility index (Phi) is 180. The van der Waals surface area contributed by atoms with Crippen molar-refractivity contribution >= 4 is 222 Å². The topological polar surface area (TPSA) is 333 Å². The highest BCUT2D eigenvalue weighted by Gasteiger charge is 2.34. The third kappa shape index (κ3) is 127. The third-order valence-corrected chi connectivity index (χ3v) is 10.4. The summed E-state index contributed by atoms with van der Waals surface area (Å²) < 4.78 is 19.2. The van der Waals surface area contributed by atoms with Gasteiger partial charge in [0.2, 0.25) is 0 Å². The molecular formula is C65H139N3O20S12. The summed E-state index contributed by atoms with van der Waals surface area (Å²) in [6.07, 6.45) is 43.9. The lowest BCUT2D eigenvalue weighted by Gasteiger charge is -2.13. The second-order valence-corrected chi connectivity index (χ2v) is 17.7. The molecule has 2 aliphatic heterocycles. The van der Waals surface area contributed by atoms with Crippen LogP contribution < -0.4 is 5.73 Å². The van der Waals surface area contributed by atoms with Crippen LogP contribution in [0, 0.1) is 0 Å². The Morgan fingerprint density at radius 3 is 0.650 bits per heavy atom. The van der Waals surface area contributed by atoms with Gasteiger partial charge in [-0.3, -0.25) is 38.4 Å². The Labute approximate surface area is 671 Å². The largest absolute Gasteiger partial charge is 0.480 e. The van der Waals surface area contributed by atoms with E-state index in [1.807, 2.05) is 0 Å². The standard InChI is InChI=1S/2C16H30O3.C12H12N2O9.C5H13N.C4H6O5.12CH4S/c2*1-3-5-7-9-11-15(17)13-19-14-16(18)12-10-8-6-4-2;15-7-1-2-8(16)13(7)22-11(19)5-21-6-12(20)23-14-9(17)3-4-10(14)18;1-2-3-4-5-6;5-3(6)1-9-2-4(7)8;12*1-2/h2*3-14H2,1-2H3;1-6H2;2-6H2,1H3;1-2H2,(H,5,6)(H,7,8);12*2H,1H3. The van der Waals surface area contributed by atoms with Gasteiger partial charge in [0.25, 0.3) is 23.6 Å². The Morgan fingerprint density at radius 1 is 0.300 bits per heavy atom. The van der Waals surface area contributed by atoms with Gasteiger partial charge in [0.05, 0.1) is 0 Å². The van der Waals surface area contributed by atoms with Crippen LogP contribution in [0.3, 0.4) is 0 Å². The molecule has 0 saturated carbocycles. The molecule has 100 heavy (non-hydrogen) atoms. The first-order chi connectivity index (χ1) is 48.3. The minimum Gasteiger partial charge on any atom is -0.480 e. The number of hydroxylamine groups is 4. The van der Waals surface area contributed by atoms with Crippen molar-refractivity contribution < 1.29 is 96.4 Å². The van der Waals surface area contributed by atoms with Crippen molar-refractivity contribution in [3.05, 3.63) is 0 Å². The number of hydrogen-bond acceptors (Lipinski definition) is 31. The molecule has 0 aliphatic carbocycles. The molecule has 0 atom stereocenters. The van der Waals surface area contributed by atoms with Crippen molar-refractivity contribution in [2.75, 3.05) is 134 Å². The Balaban J connectivity index is -0.0000000667. The second kappa shape index (κ2) is 134. The summed E-state index contributed by atoms with van der Waals surface area (Å²) in [4.78, 5) is 142. The molecule has 0 aromatic heterocycles. The van der Waals surface area contributed by atoms with E-state index in [0.717, 1.165) is 57.9 Å². The molecular weight excluding hydrogens is 1530 g/mol. The van der Waals surface area contributed by atoms with E-state index in [4.69, 9.17) is 25.4 Å². The number of carboxylic acids is 2. The van der Waals surface area contributed by atoms with Crippen LogP contribution in [0.4, 0.5) is 0 Å². The first-order valence-corrected chi connectivity index (χ1v) is 43.1. The van der Waals surface area contributed by atoms with E-state index in [9.17, 15) is 57.5 Å². The molecule has 4 amide bonds. The van der Waals surface area contributed by atoms with Crippen molar-refractivity contribution in [1.29, 1.82) is 0 Å². The smallest absolute Gasteiger partial charge is 0.358 e. The van der Waals surface area contributed by atoms with Crippen LogP contribution >= 0.6 is 152 Å². The fourth-order valence-electron chi connectivity index (χ4n) is 6.25. The number of ether oxygens (including phenoxy) is 4. The molecule has 0 unspecified atom stereocenters. The number of nitrogens with two attached hydrogens (primary N) is 1. The Bertz CT molecular complexity index is 1550. The average Bonchev–Trinajstić information content (AvgIpc) is 1.77. The van der Waals surface area contributed by atoms with Gasteiger partial charge in [-0.15, -0.1) is 10.1 Å². The number of aliphatic carboxylic acids is 2. The number of carbonyl (C=O) groups is 12. The summed E-state index contributed by atoms with van der Waals surface area (Å²) in [5.41, 5.74) is 5.21. The highest BCUT2D eigenvalue weighted by Crippen LogP contribution is 2.14. The van der Waals surface area contributed by atoms with Gasteiger partial charge in [0.15, 0.2) is 23.1 Å². The Morgan fingerprint density at radius 2 is 0.480 bits per heavy atom. The number of imide groups is 2. The molecule has 2 saturated heterocycles. The average molecular weight is 1670 g/mol. The maximum absolute atomic E-state index is 11.5. The third-order valence-electron chi connectivity index (χ3n) is 10.4. The van der Waals surface area contributed by atoms with Crippen LogP contribution in [0.25, 0.3) is 0 Å². The molecule has 0 radical (unpaired) electrons. The van der Waals surface area contributed by atoms with Gasteiger partial charge in [0, 0.05) is 51.4 Å². The molecule has 4 N–H and O–H groups in total. The van der Waals surface area contributed by atoms with Gasteiger partial charge in [-0.2, -0.15) is 152 Å². The molecule has 0 aromatic carbocycles. The lowest BCUT2D eigenvalue weighted by molar-refractivity contribution is -0.205. The van der Waals surface area contributed by atoms with Gasteiger partial charge in [-0.05, 0) is 114 Å². The van der Waals surface area contributed by atoms with Crippen LogP contribution in [-0.4, -0.2) is 225 Å². The zero-order valence-electron chi connectivity index (χ0n) is 63.5. The molecule has 2 rings (SSSR count). The number of thiol groups is 12. The first-order valence-electron chi connectivity index (χ1n) is 32.3. The van der Waals surface area contributed by atoms with Crippen molar-refractivity contribution in [3.63, 3.8) is 0 Å². The van der Waals surface area contributed by atoms with E-state index in [0.29, 0.717) is 35.8 Å². The predicted molar refractivity (Wildman–Crippen MR) is 455 cm³/mol. The molecule has 0 spiro atoms. The normalized spacial score (nSPS) is 10.2. The number of Topliss-reactive ketones (excluding diaryl/α,β-unsaturated/α-hetero) is 4.